The third-order valence-corrected chi connectivity index (χ3v) is 11.8. The molecule has 1 unspecified atom stereocenters. The molecule has 0 aliphatic rings. The summed E-state index contributed by atoms with van der Waals surface area (Å²) in [5, 5.41) is 3.52. The van der Waals surface area contributed by atoms with Gasteiger partial charge in [-0.1, -0.05) is 120 Å². The molecule has 3 aromatic heterocycles. The van der Waals surface area contributed by atoms with Crippen molar-refractivity contribution >= 4 is 35.2 Å². The van der Waals surface area contributed by atoms with Crippen molar-refractivity contribution in [1.29, 1.82) is 0 Å². The van der Waals surface area contributed by atoms with Gasteiger partial charge in [0.05, 0.1) is 13.7 Å². The van der Waals surface area contributed by atoms with Gasteiger partial charge in [-0.2, -0.15) is 0 Å². The predicted molar refractivity (Wildman–Crippen MR) is 215 cm³/mol. The van der Waals surface area contributed by atoms with Crippen LogP contribution in [0, 0.1) is 23.4 Å². The van der Waals surface area contributed by atoms with Crippen LogP contribution in [0.25, 0.3) is 55.6 Å². The molecule has 3 heterocycles. The summed E-state index contributed by atoms with van der Waals surface area (Å²) >= 11 is 0. The first kappa shape index (κ1) is 39.0. The average Bonchev–Trinajstić information content (AvgIpc) is 3.49. The predicted octanol–water partition coefficient (Wildman–Crippen LogP) is 12.6. The van der Waals surface area contributed by atoms with Crippen LogP contribution in [0.15, 0.2) is 114 Å². The summed E-state index contributed by atoms with van der Waals surface area (Å²) < 4.78 is 20.0. The Morgan fingerprint density at radius 3 is 2.19 bits per heavy atom. The average molecular weight is 883 g/mol. The minimum Gasteiger partial charge on any atom is -0.501 e. The van der Waals surface area contributed by atoms with E-state index in [2.05, 4.69) is 114 Å². The van der Waals surface area contributed by atoms with Crippen molar-refractivity contribution in [2.75, 3.05) is 0 Å². The van der Waals surface area contributed by atoms with E-state index in [1.165, 1.54) is 28.4 Å². The number of furan rings is 1. The summed E-state index contributed by atoms with van der Waals surface area (Å²) in [5.74, 6) is 0.666. The van der Waals surface area contributed by atoms with Crippen LogP contribution in [0.4, 0.5) is 4.39 Å². The summed E-state index contributed by atoms with van der Waals surface area (Å²) in [5.41, 5.74) is 9.94. The first-order valence-electron chi connectivity index (χ1n) is 17.8. The molecule has 269 valence electrons. The first-order chi connectivity index (χ1) is 24.2. The fourth-order valence-electron chi connectivity index (χ4n) is 6.41. The smallest absolute Gasteiger partial charge is 0.123 e. The Hall–Kier alpha value is -4.22. The third kappa shape index (κ3) is 8.52. The van der Waals surface area contributed by atoms with E-state index in [1.807, 2.05) is 60.8 Å². The SMILES string of the molecule is CC(C)c1cc(-c2[c-]cccc2)ncc1[Si](C)(C)C.CC(c1ccnc(-c2[c-]ccc3c2oc2cc(-c4cccc(F)c4)ccc23)c1)C(C)(C)C.[Ir]. The van der Waals surface area contributed by atoms with Gasteiger partial charge >= 0.3 is 0 Å². The molecule has 7 rings (SSSR count). The van der Waals surface area contributed by atoms with Crippen LogP contribution in [-0.2, 0) is 20.1 Å². The zero-order valence-electron chi connectivity index (χ0n) is 31.6. The van der Waals surface area contributed by atoms with Gasteiger partial charge < -0.3 is 14.4 Å². The standard InChI is InChI=1S/C29H25FNO.C17H22NSi.Ir/c1-18(29(2,3)4)19-13-14-31-26(16-19)25-10-6-9-24-23-12-11-21(17-27(23)32-28(24)25)20-7-5-8-22(30)15-20;1-13(2)15-11-16(14-9-7-6-8-10-14)18-12-17(15)19(3,4)5;/h5-9,11-18H,1-4H3;6-9,11-13H,1-5H3;/q2*-1;. The number of rotatable bonds is 6. The van der Waals surface area contributed by atoms with E-state index in [1.54, 1.807) is 6.07 Å². The monoisotopic (exact) mass is 883 g/mol. The van der Waals surface area contributed by atoms with Crippen molar-refractivity contribution in [1.82, 2.24) is 9.97 Å². The van der Waals surface area contributed by atoms with Crippen molar-refractivity contribution in [2.45, 2.75) is 73.0 Å². The molecule has 0 fully saturated rings. The van der Waals surface area contributed by atoms with E-state index >= 15 is 0 Å². The fraction of sp³-hybridized carbons (Fsp3) is 0.261. The molecule has 7 aromatic rings. The van der Waals surface area contributed by atoms with Crippen LogP contribution >= 0.6 is 0 Å². The molecular weight excluding hydrogens is 836 g/mol. The van der Waals surface area contributed by atoms with Gasteiger partial charge in [-0.3, -0.25) is 0 Å². The zero-order valence-corrected chi connectivity index (χ0v) is 35.0. The number of pyridine rings is 2. The molecule has 0 spiro atoms. The van der Waals surface area contributed by atoms with Crippen molar-refractivity contribution in [3.05, 3.63) is 139 Å². The van der Waals surface area contributed by atoms with Crippen LogP contribution in [-0.4, -0.2) is 18.0 Å². The van der Waals surface area contributed by atoms with Gasteiger partial charge in [0.15, 0.2) is 0 Å². The van der Waals surface area contributed by atoms with Gasteiger partial charge in [0.1, 0.15) is 11.4 Å². The van der Waals surface area contributed by atoms with E-state index < -0.39 is 8.07 Å². The Morgan fingerprint density at radius 1 is 0.750 bits per heavy atom. The number of aromatic nitrogens is 2. The molecule has 0 saturated heterocycles. The van der Waals surface area contributed by atoms with Crippen molar-refractivity contribution < 1.29 is 28.9 Å². The van der Waals surface area contributed by atoms with Crippen LogP contribution in [0.1, 0.15) is 64.5 Å². The zero-order chi connectivity index (χ0) is 36.5. The quantitative estimate of drug-likeness (QED) is 0.123. The van der Waals surface area contributed by atoms with Crippen molar-refractivity contribution in [3.63, 3.8) is 0 Å². The molecule has 1 radical (unpaired) electrons. The maximum absolute atomic E-state index is 13.7. The van der Waals surface area contributed by atoms with Crippen LogP contribution in [0.3, 0.4) is 0 Å². The van der Waals surface area contributed by atoms with E-state index in [4.69, 9.17) is 4.42 Å². The Kier molecular flexibility index (Phi) is 11.8. The molecule has 0 aliphatic carbocycles. The van der Waals surface area contributed by atoms with Crippen LogP contribution in [0.2, 0.25) is 19.6 Å². The molecule has 0 amide bonds. The number of hydrogen-bond acceptors (Lipinski definition) is 3. The van der Waals surface area contributed by atoms with Gasteiger partial charge in [0.25, 0.3) is 0 Å². The second-order valence-electron chi connectivity index (χ2n) is 15.8. The summed E-state index contributed by atoms with van der Waals surface area (Å²) in [6, 6.07) is 37.7. The minimum atomic E-state index is -1.34. The minimum absolute atomic E-state index is 0. The molecule has 6 heteroatoms. The van der Waals surface area contributed by atoms with Crippen molar-refractivity contribution in [2.24, 2.45) is 5.41 Å². The van der Waals surface area contributed by atoms with Crippen LogP contribution in [0.5, 0.6) is 0 Å². The molecule has 52 heavy (non-hydrogen) atoms. The van der Waals surface area contributed by atoms with Crippen LogP contribution < -0.4 is 5.19 Å². The number of halogens is 1. The maximum Gasteiger partial charge on any atom is 0.123 e. The Labute approximate surface area is 323 Å². The van der Waals surface area contributed by atoms with E-state index in [0.29, 0.717) is 11.8 Å². The summed E-state index contributed by atoms with van der Waals surface area (Å²) in [4.78, 5) is 9.30. The number of benzene rings is 4. The van der Waals surface area contributed by atoms with Crippen molar-refractivity contribution in [3.8, 4) is 33.6 Å². The summed E-state index contributed by atoms with van der Waals surface area (Å²) in [6.45, 7) is 20.7. The molecule has 0 aliphatic heterocycles. The van der Waals surface area contributed by atoms with Gasteiger partial charge in [-0.25, -0.2) is 4.39 Å². The maximum atomic E-state index is 13.7. The number of nitrogens with zero attached hydrogens (tertiary/aromatic N) is 2. The summed E-state index contributed by atoms with van der Waals surface area (Å²) in [6.07, 6.45) is 3.96. The molecular formula is C46H47FIrN2OSi-2. The second kappa shape index (κ2) is 15.8. The third-order valence-electron chi connectivity index (χ3n) is 9.78. The molecule has 1 atom stereocenters. The molecule has 3 nitrogen and oxygen atoms in total. The fourth-order valence-corrected chi connectivity index (χ4v) is 8.09. The van der Waals surface area contributed by atoms with E-state index in [9.17, 15) is 4.39 Å². The molecule has 4 aromatic carbocycles. The summed E-state index contributed by atoms with van der Waals surface area (Å²) in [7, 11) is -1.34. The molecule has 0 bridgehead atoms. The molecule has 0 N–H and O–H groups in total. The van der Waals surface area contributed by atoms with Gasteiger partial charge in [0.2, 0.25) is 0 Å². The Morgan fingerprint density at radius 2 is 1.52 bits per heavy atom. The molecule has 0 saturated carbocycles. The number of hydrogen-bond donors (Lipinski definition) is 0. The second-order valence-corrected chi connectivity index (χ2v) is 20.9. The van der Waals surface area contributed by atoms with E-state index in [0.717, 1.165) is 55.6 Å². The normalized spacial score (nSPS) is 12.4. The Bertz CT molecular complexity index is 2300. The van der Waals surface area contributed by atoms with Gasteiger partial charge in [-0.15, -0.1) is 54.1 Å². The van der Waals surface area contributed by atoms with E-state index in [-0.39, 0.29) is 31.3 Å². The first-order valence-corrected chi connectivity index (χ1v) is 21.3. The largest absolute Gasteiger partial charge is 0.501 e. The Balaban J connectivity index is 0.000000225. The topological polar surface area (TPSA) is 38.9 Å². The van der Waals surface area contributed by atoms with Gasteiger partial charge in [-0.05, 0) is 69.2 Å². The van der Waals surface area contributed by atoms with Gasteiger partial charge in [0, 0.05) is 37.9 Å². The number of fused-ring (bicyclic) bond motifs is 3.